The summed E-state index contributed by atoms with van der Waals surface area (Å²) >= 11 is 0. The fraction of sp³-hybridized carbons (Fsp3) is 0.353. The fourth-order valence-corrected chi connectivity index (χ4v) is 2.19. The van der Waals surface area contributed by atoms with E-state index in [1.54, 1.807) is 18.2 Å². The lowest BCUT2D eigenvalue weighted by molar-refractivity contribution is -0.129. The molecule has 1 fully saturated rings. The van der Waals surface area contributed by atoms with E-state index in [0.717, 1.165) is 24.5 Å². The first-order chi connectivity index (χ1) is 10.9. The van der Waals surface area contributed by atoms with Crippen LogP contribution < -0.4 is 10.7 Å². The first-order valence-electron chi connectivity index (χ1n) is 7.50. The first-order valence-corrected chi connectivity index (χ1v) is 7.50. The van der Waals surface area contributed by atoms with E-state index < -0.39 is 12.1 Å². The van der Waals surface area contributed by atoms with Crippen LogP contribution in [0.3, 0.4) is 0 Å². The second-order valence-corrected chi connectivity index (χ2v) is 5.80. The second kappa shape index (κ2) is 5.87. The number of rotatable bonds is 4. The van der Waals surface area contributed by atoms with Gasteiger partial charge in [0.1, 0.15) is 5.58 Å². The molecule has 2 aromatic rings. The first kappa shape index (κ1) is 15.3. The Balaban J connectivity index is 1.79. The maximum absolute atomic E-state index is 12.1. The summed E-state index contributed by atoms with van der Waals surface area (Å²) in [5, 5.41) is 3.15. The lowest BCUT2D eigenvalue weighted by Crippen LogP contribution is -2.37. The van der Waals surface area contributed by atoms with Gasteiger partial charge in [0.05, 0.1) is 5.39 Å². The molecule has 6 nitrogen and oxygen atoms in total. The summed E-state index contributed by atoms with van der Waals surface area (Å²) in [7, 11) is 0. The van der Waals surface area contributed by atoms with Crippen molar-refractivity contribution < 1.29 is 18.7 Å². The van der Waals surface area contributed by atoms with E-state index in [1.807, 2.05) is 6.92 Å². The van der Waals surface area contributed by atoms with Gasteiger partial charge in [-0.05, 0) is 38.8 Å². The highest BCUT2D eigenvalue weighted by atomic mass is 16.6. The van der Waals surface area contributed by atoms with Crippen LogP contribution in [0, 0.1) is 6.92 Å². The van der Waals surface area contributed by atoms with Crippen LogP contribution in [0.2, 0.25) is 0 Å². The Labute approximate surface area is 132 Å². The molecule has 1 aromatic heterocycles. The van der Waals surface area contributed by atoms with Gasteiger partial charge in [-0.2, -0.15) is 0 Å². The second-order valence-electron chi connectivity index (χ2n) is 5.80. The molecule has 0 radical (unpaired) electrons. The zero-order chi connectivity index (χ0) is 16.6. The van der Waals surface area contributed by atoms with E-state index in [0.29, 0.717) is 11.0 Å². The standard InChI is InChI=1S/C17H17NO5/c1-9-3-6-14-12(7-9)13(19)8-15(23-14)17(21)22-10(2)16(20)18-11-4-5-11/h3,6-8,10-11H,4-5H2,1-2H3,(H,18,20)/t10-/m1/s1. The molecule has 0 unspecified atom stereocenters. The molecule has 1 saturated carbocycles. The number of nitrogens with one attached hydrogen (secondary N) is 1. The van der Waals surface area contributed by atoms with Crippen molar-refractivity contribution in [3.8, 4) is 0 Å². The zero-order valence-corrected chi connectivity index (χ0v) is 12.9. The predicted octanol–water partition coefficient (Wildman–Crippen LogP) is 1.93. The largest absolute Gasteiger partial charge is 0.449 e. The van der Waals surface area contributed by atoms with Crippen molar-refractivity contribution in [2.24, 2.45) is 0 Å². The van der Waals surface area contributed by atoms with Crippen LogP contribution in [0.4, 0.5) is 0 Å². The topological polar surface area (TPSA) is 85.6 Å². The van der Waals surface area contributed by atoms with Gasteiger partial charge in [-0.1, -0.05) is 11.6 Å². The van der Waals surface area contributed by atoms with Crippen molar-refractivity contribution in [2.45, 2.75) is 38.8 Å². The van der Waals surface area contributed by atoms with Gasteiger partial charge in [-0.15, -0.1) is 0 Å². The van der Waals surface area contributed by atoms with E-state index in [1.165, 1.54) is 6.92 Å². The van der Waals surface area contributed by atoms with Crippen molar-refractivity contribution in [3.05, 3.63) is 45.8 Å². The molecule has 120 valence electrons. The summed E-state index contributed by atoms with van der Waals surface area (Å²) in [6.07, 6.45) is 0.957. The van der Waals surface area contributed by atoms with Gasteiger partial charge >= 0.3 is 5.97 Å². The average Bonchev–Trinajstić information content (AvgIpc) is 3.31. The summed E-state index contributed by atoms with van der Waals surface area (Å²) in [6, 6.07) is 6.39. The van der Waals surface area contributed by atoms with Crippen LogP contribution in [0.5, 0.6) is 0 Å². The minimum absolute atomic E-state index is 0.186. The normalized spacial score (nSPS) is 15.2. The van der Waals surface area contributed by atoms with Crippen LogP contribution in [0.25, 0.3) is 11.0 Å². The Morgan fingerprint density at radius 3 is 2.74 bits per heavy atom. The number of esters is 1. The van der Waals surface area contributed by atoms with E-state index in [9.17, 15) is 14.4 Å². The molecule has 1 aromatic carbocycles. The average molecular weight is 315 g/mol. The van der Waals surface area contributed by atoms with Gasteiger partial charge in [-0.3, -0.25) is 9.59 Å². The molecule has 3 rings (SSSR count). The number of carbonyl (C=O) groups is 2. The van der Waals surface area contributed by atoms with Gasteiger partial charge in [0.2, 0.25) is 5.76 Å². The maximum atomic E-state index is 12.1. The Morgan fingerprint density at radius 2 is 2.04 bits per heavy atom. The predicted molar refractivity (Wildman–Crippen MR) is 83.3 cm³/mol. The smallest absolute Gasteiger partial charge is 0.375 e. The van der Waals surface area contributed by atoms with Gasteiger partial charge < -0.3 is 14.5 Å². The molecule has 1 atom stereocenters. The van der Waals surface area contributed by atoms with Gasteiger partial charge in [0.15, 0.2) is 11.5 Å². The van der Waals surface area contributed by atoms with Crippen LogP contribution in [0.15, 0.2) is 33.5 Å². The third-order valence-electron chi connectivity index (χ3n) is 3.66. The minimum Gasteiger partial charge on any atom is -0.449 e. The zero-order valence-electron chi connectivity index (χ0n) is 12.9. The Kier molecular flexibility index (Phi) is 3.90. The minimum atomic E-state index is -0.942. The molecule has 1 heterocycles. The molecular weight excluding hydrogens is 298 g/mol. The van der Waals surface area contributed by atoms with Gasteiger partial charge in [0.25, 0.3) is 5.91 Å². The molecule has 0 saturated heterocycles. The number of amides is 1. The summed E-state index contributed by atoms with van der Waals surface area (Å²) in [5.74, 6) is -1.39. The highest BCUT2D eigenvalue weighted by Crippen LogP contribution is 2.19. The molecule has 1 N–H and O–H groups in total. The molecule has 0 aliphatic heterocycles. The summed E-state index contributed by atoms with van der Waals surface area (Å²) in [4.78, 5) is 36.0. The number of hydrogen-bond acceptors (Lipinski definition) is 5. The molecule has 0 bridgehead atoms. The van der Waals surface area contributed by atoms with Crippen LogP contribution in [-0.4, -0.2) is 24.0 Å². The molecule has 1 aliphatic carbocycles. The fourth-order valence-electron chi connectivity index (χ4n) is 2.19. The summed E-state index contributed by atoms with van der Waals surface area (Å²) < 4.78 is 10.5. The maximum Gasteiger partial charge on any atom is 0.375 e. The van der Waals surface area contributed by atoms with E-state index >= 15 is 0 Å². The van der Waals surface area contributed by atoms with E-state index in [2.05, 4.69) is 5.32 Å². The van der Waals surface area contributed by atoms with Crippen LogP contribution >= 0.6 is 0 Å². The lowest BCUT2D eigenvalue weighted by atomic mass is 10.1. The number of fused-ring (bicyclic) bond motifs is 1. The molecule has 23 heavy (non-hydrogen) atoms. The highest BCUT2D eigenvalue weighted by Gasteiger charge is 2.28. The van der Waals surface area contributed by atoms with Crippen molar-refractivity contribution in [1.29, 1.82) is 0 Å². The highest BCUT2D eigenvalue weighted by molar-refractivity contribution is 5.91. The van der Waals surface area contributed by atoms with Crippen molar-refractivity contribution >= 4 is 22.8 Å². The molecule has 1 amide bonds. The third kappa shape index (κ3) is 3.41. The van der Waals surface area contributed by atoms with Crippen LogP contribution in [0.1, 0.15) is 35.9 Å². The number of ether oxygens (including phenoxy) is 1. The van der Waals surface area contributed by atoms with E-state index in [4.69, 9.17) is 9.15 Å². The van der Waals surface area contributed by atoms with Crippen molar-refractivity contribution in [2.75, 3.05) is 0 Å². The van der Waals surface area contributed by atoms with E-state index in [-0.39, 0.29) is 23.1 Å². The molecular formula is C17H17NO5. The molecule has 0 spiro atoms. The quantitative estimate of drug-likeness (QED) is 0.871. The summed E-state index contributed by atoms with van der Waals surface area (Å²) in [6.45, 7) is 3.35. The van der Waals surface area contributed by atoms with Crippen molar-refractivity contribution in [1.82, 2.24) is 5.32 Å². The number of carbonyl (C=O) groups excluding carboxylic acids is 2. The molecule has 1 aliphatic rings. The number of hydrogen-bond donors (Lipinski definition) is 1. The Morgan fingerprint density at radius 1 is 1.30 bits per heavy atom. The number of aryl methyl sites for hydroxylation is 1. The van der Waals surface area contributed by atoms with Gasteiger partial charge in [0, 0.05) is 12.1 Å². The lowest BCUT2D eigenvalue weighted by Gasteiger charge is -2.12. The monoisotopic (exact) mass is 315 g/mol. The van der Waals surface area contributed by atoms with Gasteiger partial charge in [-0.25, -0.2) is 4.79 Å². The summed E-state index contributed by atoms with van der Waals surface area (Å²) in [5.41, 5.74) is 0.910. The Bertz CT molecular complexity index is 834. The van der Waals surface area contributed by atoms with Crippen LogP contribution in [-0.2, 0) is 9.53 Å². The SMILES string of the molecule is Cc1ccc2oc(C(=O)O[C@H](C)C(=O)NC3CC3)cc(=O)c2c1. The number of benzene rings is 1. The molecule has 6 heteroatoms. The Hall–Kier alpha value is -2.63. The third-order valence-corrected chi connectivity index (χ3v) is 3.66. The van der Waals surface area contributed by atoms with Crippen molar-refractivity contribution in [3.63, 3.8) is 0 Å².